The number of hydrogen-bond acceptors (Lipinski definition) is 4. The van der Waals surface area contributed by atoms with Crippen molar-refractivity contribution < 1.29 is 14.3 Å². The first-order chi connectivity index (χ1) is 16.3. The van der Waals surface area contributed by atoms with Crippen LogP contribution in [0.4, 0.5) is 10.5 Å². The second kappa shape index (κ2) is 10.2. The molecule has 34 heavy (non-hydrogen) atoms. The van der Waals surface area contributed by atoms with Gasteiger partial charge in [0.15, 0.2) is 5.41 Å². The van der Waals surface area contributed by atoms with Gasteiger partial charge in [0.25, 0.3) is 0 Å². The summed E-state index contributed by atoms with van der Waals surface area (Å²) in [6.07, 6.45) is 0. The molecule has 3 aromatic carbocycles. The maximum Gasteiger partial charge on any atom is 0.342 e. The normalized spacial score (nSPS) is 17.3. The number of nitrogens with one attached hydrogen (secondary N) is 1. The zero-order valence-corrected chi connectivity index (χ0v) is 21.2. The number of hydrogen-bond donors (Lipinski definition) is 1. The van der Waals surface area contributed by atoms with Crippen LogP contribution < -0.4 is 5.32 Å². The molecule has 4 rings (SSSR count). The number of esters is 1. The summed E-state index contributed by atoms with van der Waals surface area (Å²) in [4.78, 5) is 26.7. The summed E-state index contributed by atoms with van der Waals surface area (Å²) in [5.41, 5.74) is 0.882. The first-order valence-electron chi connectivity index (χ1n) is 10.5. The Bertz CT molecular complexity index is 1230. The van der Waals surface area contributed by atoms with Crippen molar-refractivity contribution in [3.63, 3.8) is 0 Å². The largest absolute Gasteiger partial charge is 0.465 e. The predicted octanol–water partition coefficient (Wildman–Crippen LogP) is 6.51. The van der Waals surface area contributed by atoms with E-state index in [1.54, 1.807) is 67.6 Å². The molecule has 174 valence electrons. The van der Waals surface area contributed by atoms with E-state index in [9.17, 15) is 9.59 Å². The fourth-order valence-electron chi connectivity index (χ4n) is 3.79. The third kappa shape index (κ3) is 4.82. The number of urea groups is 1. The van der Waals surface area contributed by atoms with Gasteiger partial charge < -0.3 is 10.1 Å². The highest BCUT2D eigenvalue weighted by molar-refractivity contribution is 9.10. The van der Waals surface area contributed by atoms with Gasteiger partial charge in [-0.15, -0.1) is 0 Å². The van der Waals surface area contributed by atoms with E-state index in [-0.39, 0.29) is 13.2 Å². The van der Waals surface area contributed by atoms with Crippen LogP contribution in [0, 0.1) is 0 Å². The molecule has 0 saturated carbocycles. The molecule has 2 amide bonds. The van der Waals surface area contributed by atoms with Gasteiger partial charge in [0.1, 0.15) is 0 Å². The molecule has 6 nitrogen and oxygen atoms in total. The highest BCUT2D eigenvalue weighted by Gasteiger charge is 2.53. The Morgan fingerprint density at radius 3 is 2.18 bits per heavy atom. The Kier molecular flexibility index (Phi) is 7.26. The Hall–Kier alpha value is -2.87. The zero-order valence-electron chi connectivity index (χ0n) is 18.1. The molecule has 3 aromatic rings. The van der Waals surface area contributed by atoms with Crippen LogP contribution in [-0.2, 0) is 14.9 Å². The molecular formula is C25H20BrCl2N3O3. The van der Waals surface area contributed by atoms with E-state index in [4.69, 9.17) is 27.9 Å². The zero-order chi connectivity index (χ0) is 24.3. The van der Waals surface area contributed by atoms with E-state index in [2.05, 4.69) is 26.3 Å². The Morgan fingerprint density at radius 1 is 1.00 bits per heavy atom. The van der Waals surface area contributed by atoms with E-state index in [0.717, 1.165) is 4.47 Å². The summed E-state index contributed by atoms with van der Waals surface area (Å²) in [6, 6.07) is 20.5. The van der Waals surface area contributed by atoms with Crippen LogP contribution in [0.3, 0.4) is 0 Å². The molecule has 9 heteroatoms. The molecule has 0 saturated heterocycles. The van der Waals surface area contributed by atoms with Crippen molar-refractivity contribution in [1.82, 2.24) is 5.01 Å². The summed E-state index contributed by atoms with van der Waals surface area (Å²) in [6.45, 7) is 1.86. The van der Waals surface area contributed by atoms with Gasteiger partial charge in [0, 0.05) is 20.2 Å². The van der Waals surface area contributed by atoms with Crippen LogP contribution in [0.5, 0.6) is 0 Å². The quantitative estimate of drug-likeness (QED) is 0.362. The molecule has 0 bridgehead atoms. The van der Waals surface area contributed by atoms with Gasteiger partial charge in [-0.05, 0) is 66.6 Å². The van der Waals surface area contributed by atoms with Gasteiger partial charge in [-0.3, -0.25) is 4.79 Å². The number of halogens is 3. The van der Waals surface area contributed by atoms with Crippen LogP contribution in [0.1, 0.15) is 18.1 Å². The fourth-order valence-corrected chi connectivity index (χ4v) is 4.30. The van der Waals surface area contributed by atoms with Crippen molar-refractivity contribution in [2.75, 3.05) is 18.5 Å². The second-order valence-corrected chi connectivity index (χ2v) is 9.37. The topological polar surface area (TPSA) is 71.0 Å². The summed E-state index contributed by atoms with van der Waals surface area (Å²) < 4.78 is 6.39. The average molecular weight is 561 g/mol. The lowest BCUT2D eigenvalue weighted by molar-refractivity contribution is -0.147. The number of benzene rings is 3. The lowest BCUT2D eigenvalue weighted by Crippen LogP contribution is -2.48. The Labute approximate surface area is 215 Å². The van der Waals surface area contributed by atoms with Crippen LogP contribution >= 0.6 is 39.1 Å². The number of hydrazone groups is 1. The number of anilines is 1. The van der Waals surface area contributed by atoms with E-state index in [1.165, 1.54) is 5.01 Å². The average Bonchev–Trinajstić information content (AvgIpc) is 3.24. The number of ether oxygens (including phenoxy) is 1. The van der Waals surface area contributed by atoms with Crippen LogP contribution in [0.15, 0.2) is 82.4 Å². The number of carbonyl (C=O) groups excluding carboxylic acids is 2. The van der Waals surface area contributed by atoms with Crippen LogP contribution in [-0.4, -0.2) is 35.9 Å². The van der Waals surface area contributed by atoms with Crippen LogP contribution in [0.2, 0.25) is 10.0 Å². The molecule has 0 aromatic heterocycles. The third-order valence-electron chi connectivity index (χ3n) is 5.42. The highest BCUT2D eigenvalue weighted by atomic mass is 79.9. The molecule has 1 heterocycles. The summed E-state index contributed by atoms with van der Waals surface area (Å²) in [7, 11) is 0. The maximum atomic E-state index is 13.5. The minimum absolute atomic E-state index is 0.0478. The molecule has 1 aliphatic heterocycles. The lowest BCUT2D eigenvalue weighted by atomic mass is 9.74. The molecule has 0 spiro atoms. The third-order valence-corrected chi connectivity index (χ3v) is 6.45. The molecule has 1 atom stereocenters. The van der Waals surface area contributed by atoms with Gasteiger partial charge in [0.2, 0.25) is 0 Å². The number of amides is 2. The number of nitrogens with zero attached hydrogens (tertiary/aromatic N) is 2. The Balaban J connectivity index is 1.81. The van der Waals surface area contributed by atoms with Crippen molar-refractivity contribution >= 4 is 62.5 Å². The van der Waals surface area contributed by atoms with E-state index in [0.29, 0.717) is 32.6 Å². The standard InChI is InChI=1S/C25H20BrCl2N3O3/c1-2-34-23(32)25(17-5-11-20(28)12-6-17)15-31(24(33)29-21-13-7-18(26)8-14-21)30-22(25)16-3-9-19(27)10-4-16/h3-14H,2,15H2,1H3,(H,29,33). The van der Waals surface area contributed by atoms with Crippen molar-refractivity contribution in [2.45, 2.75) is 12.3 Å². The highest BCUT2D eigenvalue weighted by Crippen LogP contribution is 2.38. The van der Waals surface area contributed by atoms with Gasteiger partial charge in [-0.25, -0.2) is 9.80 Å². The summed E-state index contributed by atoms with van der Waals surface area (Å²) in [5, 5.41) is 9.75. The number of rotatable bonds is 5. The first-order valence-corrected chi connectivity index (χ1v) is 12.0. The second-order valence-electron chi connectivity index (χ2n) is 7.58. The number of carbonyl (C=O) groups is 2. The van der Waals surface area contributed by atoms with Gasteiger partial charge in [-0.1, -0.05) is 63.4 Å². The minimum Gasteiger partial charge on any atom is -0.465 e. The van der Waals surface area contributed by atoms with Gasteiger partial charge >= 0.3 is 12.0 Å². The Morgan fingerprint density at radius 2 is 1.59 bits per heavy atom. The van der Waals surface area contributed by atoms with Crippen molar-refractivity contribution in [1.29, 1.82) is 0 Å². The smallest absolute Gasteiger partial charge is 0.342 e. The van der Waals surface area contributed by atoms with Gasteiger partial charge in [-0.2, -0.15) is 5.10 Å². The first kappa shape index (κ1) is 24.3. The molecule has 0 aliphatic carbocycles. The molecule has 1 unspecified atom stereocenters. The van der Waals surface area contributed by atoms with Crippen LogP contribution in [0.25, 0.3) is 0 Å². The summed E-state index contributed by atoms with van der Waals surface area (Å²) >= 11 is 15.6. The van der Waals surface area contributed by atoms with E-state index >= 15 is 0 Å². The monoisotopic (exact) mass is 559 g/mol. The minimum atomic E-state index is -1.36. The molecular weight excluding hydrogens is 541 g/mol. The van der Waals surface area contributed by atoms with E-state index < -0.39 is 17.4 Å². The van der Waals surface area contributed by atoms with Gasteiger partial charge in [0.05, 0.1) is 18.9 Å². The fraction of sp³-hybridized carbons (Fsp3) is 0.160. The van der Waals surface area contributed by atoms with Crippen molar-refractivity contribution in [2.24, 2.45) is 5.10 Å². The lowest BCUT2D eigenvalue weighted by Gasteiger charge is -2.29. The molecule has 1 aliphatic rings. The SMILES string of the molecule is CCOC(=O)C1(c2ccc(Cl)cc2)CN(C(=O)Nc2ccc(Br)cc2)N=C1c1ccc(Cl)cc1. The van der Waals surface area contributed by atoms with E-state index in [1.807, 2.05) is 12.1 Å². The maximum absolute atomic E-state index is 13.5. The summed E-state index contributed by atoms with van der Waals surface area (Å²) in [5.74, 6) is -0.509. The predicted molar refractivity (Wildman–Crippen MR) is 138 cm³/mol. The van der Waals surface area contributed by atoms with Crippen molar-refractivity contribution in [3.05, 3.63) is 98.4 Å². The van der Waals surface area contributed by atoms with Crippen molar-refractivity contribution in [3.8, 4) is 0 Å². The molecule has 0 fully saturated rings. The molecule has 1 N–H and O–H groups in total. The molecule has 0 radical (unpaired) electrons.